The smallest absolute Gasteiger partial charge is 0.315 e. The predicted molar refractivity (Wildman–Crippen MR) is 116 cm³/mol. The van der Waals surface area contributed by atoms with Crippen LogP contribution in [0.1, 0.15) is 39.5 Å². The molecular formula is C26H28O6. The summed E-state index contributed by atoms with van der Waals surface area (Å²) in [5, 5.41) is 0. The monoisotopic (exact) mass is 436 g/mol. The van der Waals surface area contributed by atoms with E-state index in [1.165, 1.54) is 0 Å². The van der Waals surface area contributed by atoms with E-state index >= 15 is 0 Å². The second-order valence-corrected chi connectivity index (χ2v) is 9.54. The Balaban J connectivity index is 1.31. The third kappa shape index (κ3) is 4.30. The maximum absolute atomic E-state index is 13.2. The highest BCUT2D eigenvalue weighted by atomic mass is 16.6. The van der Waals surface area contributed by atoms with Crippen LogP contribution < -0.4 is 9.47 Å². The summed E-state index contributed by atoms with van der Waals surface area (Å²) in [6.07, 6.45) is 2.76. The second kappa shape index (κ2) is 8.01. The van der Waals surface area contributed by atoms with Crippen molar-refractivity contribution < 1.29 is 28.5 Å². The Labute approximate surface area is 187 Å². The highest BCUT2D eigenvalue weighted by molar-refractivity contribution is 5.85. The Hall–Kier alpha value is -2.70. The average Bonchev–Trinajstić information content (AvgIpc) is 3.66. The SMILES string of the molecule is CC1(C)OC1CCC12CC(C(=O)Oc3ccccc3)C(C(=O)Oc3ccccc3)CC1O2. The molecule has 2 aliphatic heterocycles. The van der Waals surface area contributed by atoms with Crippen molar-refractivity contribution in [2.45, 2.75) is 62.9 Å². The van der Waals surface area contributed by atoms with Crippen molar-refractivity contribution in [3.63, 3.8) is 0 Å². The van der Waals surface area contributed by atoms with Crippen LogP contribution in [-0.4, -0.2) is 35.3 Å². The molecule has 0 bridgehead atoms. The lowest BCUT2D eigenvalue weighted by molar-refractivity contribution is -0.152. The van der Waals surface area contributed by atoms with E-state index in [1.54, 1.807) is 36.4 Å². The fourth-order valence-electron chi connectivity index (χ4n) is 4.91. The van der Waals surface area contributed by atoms with E-state index in [0.29, 0.717) is 24.3 Å². The van der Waals surface area contributed by atoms with Gasteiger partial charge >= 0.3 is 11.9 Å². The molecule has 1 aliphatic carbocycles. The van der Waals surface area contributed by atoms with Crippen molar-refractivity contribution in [3.8, 4) is 11.5 Å². The van der Waals surface area contributed by atoms with Gasteiger partial charge in [-0.05, 0) is 63.8 Å². The number of esters is 2. The highest BCUT2D eigenvalue weighted by Crippen LogP contribution is 2.56. The minimum atomic E-state index is -0.627. The molecule has 0 N–H and O–H groups in total. The molecule has 32 heavy (non-hydrogen) atoms. The molecular weight excluding hydrogens is 408 g/mol. The first-order chi connectivity index (χ1) is 15.4. The van der Waals surface area contributed by atoms with Crippen LogP contribution in [-0.2, 0) is 19.1 Å². The van der Waals surface area contributed by atoms with Gasteiger partial charge in [-0.25, -0.2) is 0 Å². The van der Waals surface area contributed by atoms with Crippen molar-refractivity contribution in [2.75, 3.05) is 0 Å². The van der Waals surface area contributed by atoms with Crippen LogP contribution in [0, 0.1) is 11.8 Å². The Morgan fingerprint density at radius 3 is 1.94 bits per heavy atom. The molecule has 5 atom stereocenters. The number of hydrogen-bond donors (Lipinski definition) is 0. The van der Waals surface area contributed by atoms with Crippen LogP contribution in [0.5, 0.6) is 11.5 Å². The first kappa shape index (κ1) is 21.2. The lowest BCUT2D eigenvalue weighted by Gasteiger charge is -2.30. The topological polar surface area (TPSA) is 77.7 Å². The van der Waals surface area contributed by atoms with Gasteiger partial charge in [0.15, 0.2) is 0 Å². The van der Waals surface area contributed by atoms with Gasteiger partial charge in [0, 0.05) is 0 Å². The quantitative estimate of drug-likeness (QED) is 0.365. The van der Waals surface area contributed by atoms with Crippen LogP contribution in [0.25, 0.3) is 0 Å². The van der Waals surface area contributed by atoms with Gasteiger partial charge in [-0.15, -0.1) is 0 Å². The predicted octanol–water partition coefficient (Wildman–Crippen LogP) is 4.32. The maximum Gasteiger partial charge on any atom is 0.315 e. The Kier molecular flexibility index (Phi) is 5.30. The zero-order valence-electron chi connectivity index (χ0n) is 18.4. The molecule has 6 heteroatoms. The van der Waals surface area contributed by atoms with E-state index in [9.17, 15) is 9.59 Å². The lowest BCUT2D eigenvalue weighted by atomic mass is 9.72. The van der Waals surface area contributed by atoms with Gasteiger partial charge in [0.05, 0.1) is 35.2 Å². The summed E-state index contributed by atoms with van der Waals surface area (Å²) in [6.45, 7) is 4.16. The molecule has 3 fully saturated rings. The molecule has 2 heterocycles. The van der Waals surface area contributed by atoms with E-state index < -0.39 is 23.8 Å². The summed E-state index contributed by atoms with van der Waals surface area (Å²) in [5.74, 6) is -1.13. The van der Waals surface area contributed by atoms with Crippen LogP contribution >= 0.6 is 0 Å². The van der Waals surface area contributed by atoms with Gasteiger partial charge in [-0.3, -0.25) is 9.59 Å². The summed E-state index contributed by atoms with van der Waals surface area (Å²) in [7, 11) is 0. The van der Waals surface area contributed by atoms with Crippen molar-refractivity contribution in [3.05, 3.63) is 60.7 Å². The van der Waals surface area contributed by atoms with Gasteiger partial charge in [0.1, 0.15) is 11.5 Å². The third-order valence-corrected chi connectivity index (χ3v) is 6.95. The molecule has 3 aliphatic rings. The lowest BCUT2D eigenvalue weighted by Crippen LogP contribution is -2.43. The molecule has 6 nitrogen and oxygen atoms in total. The van der Waals surface area contributed by atoms with E-state index in [1.807, 2.05) is 24.3 Å². The fourth-order valence-corrected chi connectivity index (χ4v) is 4.91. The average molecular weight is 437 g/mol. The van der Waals surface area contributed by atoms with Crippen LogP contribution in [0.3, 0.4) is 0 Å². The van der Waals surface area contributed by atoms with Gasteiger partial charge in [0.2, 0.25) is 0 Å². The standard InChI is InChI=1S/C26H28O6/c1-25(2)21(31-25)13-14-26-16-20(24(28)30-18-11-7-4-8-12-18)19(15-22(26)32-26)23(27)29-17-9-5-3-6-10-17/h3-12,19-22H,13-16H2,1-2H3. The van der Waals surface area contributed by atoms with E-state index in [0.717, 1.165) is 12.8 Å². The summed E-state index contributed by atoms with van der Waals surface area (Å²) in [6, 6.07) is 17.9. The Morgan fingerprint density at radius 2 is 1.41 bits per heavy atom. The number of benzene rings is 2. The highest BCUT2D eigenvalue weighted by Gasteiger charge is 2.65. The molecule has 0 spiro atoms. The maximum atomic E-state index is 13.2. The van der Waals surface area contributed by atoms with Gasteiger partial charge in [-0.2, -0.15) is 0 Å². The molecule has 1 saturated carbocycles. The zero-order chi connectivity index (χ0) is 22.3. The molecule has 0 amide bonds. The molecule has 5 rings (SSSR count). The largest absolute Gasteiger partial charge is 0.426 e. The molecule has 2 aromatic carbocycles. The van der Waals surface area contributed by atoms with Crippen molar-refractivity contribution >= 4 is 11.9 Å². The minimum Gasteiger partial charge on any atom is -0.426 e. The van der Waals surface area contributed by atoms with E-state index in [-0.39, 0.29) is 23.4 Å². The molecule has 0 aromatic heterocycles. The number of carbonyl (C=O) groups is 2. The molecule has 5 unspecified atom stereocenters. The van der Waals surface area contributed by atoms with E-state index in [2.05, 4.69) is 13.8 Å². The zero-order valence-corrected chi connectivity index (χ0v) is 18.4. The van der Waals surface area contributed by atoms with Crippen molar-refractivity contribution in [2.24, 2.45) is 11.8 Å². The van der Waals surface area contributed by atoms with Crippen molar-refractivity contribution in [1.82, 2.24) is 0 Å². The van der Waals surface area contributed by atoms with Crippen LogP contribution in [0.15, 0.2) is 60.7 Å². The molecule has 2 aromatic rings. The van der Waals surface area contributed by atoms with Crippen LogP contribution in [0.2, 0.25) is 0 Å². The van der Waals surface area contributed by atoms with Gasteiger partial charge in [-0.1, -0.05) is 36.4 Å². The first-order valence-corrected chi connectivity index (χ1v) is 11.3. The number of hydrogen-bond acceptors (Lipinski definition) is 6. The van der Waals surface area contributed by atoms with Gasteiger partial charge in [0.25, 0.3) is 0 Å². The minimum absolute atomic E-state index is 0.0431. The van der Waals surface area contributed by atoms with Crippen molar-refractivity contribution in [1.29, 1.82) is 0 Å². The third-order valence-electron chi connectivity index (χ3n) is 6.95. The van der Waals surface area contributed by atoms with E-state index in [4.69, 9.17) is 18.9 Å². The Bertz CT molecular complexity index is 988. The first-order valence-electron chi connectivity index (χ1n) is 11.3. The normalized spacial score (nSPS) is 31.8. The second-order valence-electron chi connectivity index (χ2n) is 9.54. The Morgan fingerprint density at radius 1 is 0.875 bits per heavy atom. The fraction of sp³-hybridized carbons (Fsp3) is 0.462. The number of ether oxygens (including phenoxy) is 4. The summed E-state index contributed by atoms with van der Waals surface area (Å²) >= 11 is 0. The number of carbonyl (C=O) groups excluding carboxylic acids is 2. The molecule has 2 saturated heterocycles. The number of para-hydroxylation sites is 2. The number of epoxide rings is 2. The van der Waals surface area contributed by atoms with Crippen LogP contribution in [0.4, 0.5) is 0 Å². The number of fused-ring (bicyclic) bond motifs is 1. The number of rotatable bonds is 7. The molecule has 168 valence electrons. The van der Waals surface area contributed by atoms with Gasteiger partial charge < -0.3 is 18.9 Å². The summed E-state index contributed by atoms with van der Waals surface area (Å²) < 4.78 is 23.1. The molecule has 0 radical (unpaired) electrons. The summed E-state index contributed by atoms with van der Waals surface area (Å²) in [4.78, 5) is 26.2. The summed E-state index contributed by atoms with van der Waals surface area (Å²) in [5.41, 5.74) is -0.463.